The minimum Gasteiger partial charge on any atom is -0.338 e. The predicted octanol–water partition coefficient (Wildman–Crippen LogP) is 1.14. The Hall–Kier alpha value is -3.35. The fourth-order valence-electron chi connectivity index (χ4n) is 4.95. The molecule has 212 valence electrons. The summed E-state index contributed by atoms with van der Waals surface area (Å²) in [5, 5.41) is 2.63. The topological polar surface area (TPSA) is 143 Å². The first kappa shape index (κ1) is 28.7. The maximum Gasteiger partial charge on any atom is 0.354 e. The maximum absolute atomic E-state index is 14.9. The van der Waals surface area contributed by atoms with Crippen LogP contribution >= 0.6 is 0 Å². The van der Waals surface area contributed by atoms with E-state index in [9.17, 15) is 18.8 Å². The third-order valence-corrected chi connectivity index (χ3v) is 7.32. The third-order valence-electron chi connectivity index (χ3n) is 7.32. The molecule has 2 aliphatic rings. The van der Waals surface area contributed by atoms with E-state index in [1.165, 1.54) is 22.9 Å². The predicted molar refractivity (Wildman–Crippen MR) is 147 cm³/mol. The number of hydrogen-bond donors (Lipinski definition) is 3. The summed E-state index contributed by atoms with van der Waals surface area (Å²) in [6.45, 7) is 7.37. The Morgan fingerprint density at radius 1 is 1.08 bits per heavy atom. The molecule has 2 aromatic rings. The van der Waals surface area contributed by atoms with Crippen LogP contribution in [0, 0.1) is 5.82 Å². The summed E-state index contributed by atoms with van der Waals surface area (Å²) in [4.78, 5) is 47.2. The summed E-state index contributed by atoms with van der Waals surface area (Å²) in [6, 6.07) is 6.05. The van der Waals surface area contributed by atoms with Crippen LogP contribution in [0.3, 0.4) is 0 Å². The SMILES string of the molecule is CC(C)(N)C(=O)N1CCN(C(=O)Nc2ccn(-c3ccc(CCN4CCCC(N)CC4)c(F)c3)c(=O)n2)CC1. The van der Waals surface area contributed by atoms with Crippen molar-refractivity contribution in [2.75, 3.05) is 51.1 Å². The molecule has 0 saturated carbocycles. The first-order valence-electron chi connectivity index (χ1n) is 13.5. The monoisotopic (exact) mass is 542 g/mol. The van der Waals surface area contributed by atoms with Gasteiger partial charge in [0.1, 0.15) is 11.6 Å². The molecule has 5 N–H and O–H groups in total. The van der Waals surface area contributed by atoms with Crippen molar-refractivity contribution >= 4 is 17.8 Å². The molecular formula is C27H39FN8O3. The fraction of sp³-hybridized carbons (Fsp3) is 0.556. The van der Waals surface area contributed by atoms with E-state index in [-0.39, 0.29) is 23.6 Å². The number of urea groups is 1. The minimum atomic E-state index is -0.969. The zero-order valence-electron chi connectivity index (χ0n) is 22.7. The van der Waals surface area contributed by atoms with Crippen molar-refractivity contribution in [2.45, 2.75) is 51.1 Å². The average molecular weight is 543 g/mol. The van der Waals surface area contributed by atoms with Crippen molar-refractivity contribution in [1.29, 1.82) is 0 Å². The Balaban J connectivity index is 1.33. The number of anilines is 1. The third kappa shape index (κ3) is 7.40. The molecule has 39 heavy (non-hydrogen) atoms. The highest BCUT2D eigenvalue weighted by Gasteiger charge is 2.31. The number of rotatable bonds is 6. The first-order chi connectivity index (χ1) is 18.5. The number of carbonyl (C=O) groups is 2. The summed E-state index contributed by atoms with van der Waals surface area (Å²) in [7, 11) is 0. The van der Waals surface area contributed by atoms with Crippen molar-refractivity contribution < 1.29 is 14.0 Å². The Morgan fingerprint density at radius 2 is 1.79 bits per heavy atom. The van der Waals surface area contributed by atoms with E-state index in [0.29, 0.717) is 43.9 Å². The zero-order chi connectivity index (χ0) is 28.2. The Kier molecular flexibility index (Phi) is 8.98. The molecule has 11 nitrogen and oxygen atoms in total. The fourth-order valence-corrected chi connectivity index (χ4v) is 4.95. The summed E-state index contributed by atoms with van der Waals surface area (Å²) in [5.41, 5.74) is 11.3. The van der Waals surface area contributed by atoms with Crippen molar-refractivity contribution in [3.8, 4) is 5.69 Å². The number of halogens is 1. The molecule has 1 atom stereocenters. The van der Waals surface area contributed by atoms with E-state index in [0.717, 1.165) is 38.9 Å². The highest BCUT2D eigenvalue weighted by atomic mass is 19.1. The van der Waals surface area contributed by atoms with Gasteiger partial charge >= 0.3 is 11.7 Å². The molecule has 3 amide bonds. The highest BCUT2D eigenvalue weighted by molar-refractivity contribution is 5.89. The van der Waals surface area contributed by atoms with Gasteiger partial charge in [-0.15, -0.1) is 0 Å². The number of hydrogen-bond acceptors (Lipinski definition) is 7. The molecule has 0 radical (unpaired) electrons. The number of likely N-dealkylation sites (tertiary alicyclic amines) is 1. The lowest BCUT2D eigenvalue weighted by Crippen LogP contribution is -2.58. The smallest absolute Gasteiger partial charge is 0.338 e. The van der Waals surface area contributed by atoms with Gasteiger partial charge in [0.2, 0.25) is 5.91 Å². The van der Waals surface area contributed by atoms with Crippen LogP contribution in [-0.2, 0) is 11.2 Å². The maximum atomic E-state index is 14.9. The molecule has 2 aliphatic heterocycles. The lowest BCUT2D eigenvalue weighted by molar-refractivity contribution is -0.137. The van der Waals surface area contributed by atoms with Crippen LogP contribution in [0.2, 0.25) is 0 Å². The van der Waals surface area contributed by atoms with Gasteiger partial charge in [-0.3, -0.25) is 14.7 Å². The number of carbonyl (C=O) groups excluding carboxylic acids is 2. The molecule has 0 bridgehead atoms. The zero-order valence-corrected chi connectivity index (χ0v) is 22.7. The summed E-state index contributed by atoms with van der Waals surface area (Å²) in [6.07, 6.45) is 5.07. The van der Waals surface area contributed by atoms with Crippen LogP contribution < -0.4 is 22.5 Å². The summed E-state index contributed by atoms with van der Waals surface area (Å²) >= 11 is 0. The standard InChI is InChI=1S/C27H39FN8O3/c1-27(2,30)24(37)34-14-16-35(17-15-34)25(38)31-23-9-13-36(26(39)32-23)21-6-5-19(22(28)18-21)7-11-33-10-3-4-20(29)8-12-33/h5-6,9,13,18,20H,3-4,7-8,10-12,14-17,29-30H2,1-2H3,(H,31,32,38,39). The van der Waals surface area contributed by atoms with Gasteiger partial charge in [-0.25, -0.2) is 14.0 Å². The summed E-state index contributed by atoms with van der Waals surface area (Å²) in [5.74, 6) is -0.448. The first-order valence-corrected chi connectivity index (χ1v) is 13.5. The Labute approximate surface area is 227 Å². The van der Waals surface area contributed by atoms with E-state index in [1.807, 2.05) is 0 Å². The molecule has 1 aromatic carbocycles. The number of benzene rings is 1. The molecule has 0 spiro atoms. The van der Waals surface area contributed by atoms with Gasteiger partial charge in [-0.2, -0.15) is 4.98 Å². The molecule has 3 heterocycles. The molecule has 4 rings (SSSR count). The lowest BCUT2D eigenvalue weighted by Gasteiger charge is -2.37. The molecule has 0 aliphatic carbocycles. The van der Waals surface area contributed by atoms with Crippen LogP contribution in [0.5, 0.6) is 0 Å². The molecular weight excluding hydrogens is 503 g/mol. The van der Waals surface area contributed by atoms with Crippen molar-refractivity contribution in [3.63, 3.8) is 0 Å². The van der Waals surface area contributed by atoms with Gasteiger partial charge in [0, 0.05) is 45.0 Å². The van der Waals surface area contributed by atoms with Crippen LogP contribution in [0.15, 0.2) is 35.3 Å². The second-order valence-electron chi connectivity index (χ2n) is 11.0. The second-order valence-corrected chi connectivity index (χ2v) is 11.0. The molecule has 1 unspecified atom stereocenters. The number of nitrogens with zero attached hydrogens (tertiary/aromatic N) is 5. The summed E-state index contributed by atoms with van der Waals surface area (Å²) < 4.78 is 16.1. The van der Waals surface area contributed by atoms with Gasteiger partial charge in [-0.05, 0) is 76.4 Å². The number of aromatic nitrogens is 2. The Morgan fingerprint density at radius 3 is 2.46 bits per heavy atom. The molecule has 2 fully saturated rings. The van der Waals surface area contributed by atoms with Gasteiger partial charge < -0.3 is 26.2 Å². The van der Waals surface area contributed by atoms with Crippen molar-refractivity contribution in [3.05, 3.63) is 52.3 Å². The number of nitrogens with two attached hydrogens (primary N) is 2. The van der Waals surface area contributed by atoms with Gasteiger partial charge in [-0.1, -0.05) is 6.07 Å². The average Bonchev–Trinajstić information content (AvgIpc) is 3.11. The van der Waals surface area contributed by atoms with Gasteiger partial charge in [0.25, 0.3) is 0 Å². The van der Waals surface area contributed by atoms with E-state index in [1.54, 1.807) is 35.8 Å². The van der Waals surface area contributed by atoms with E-state index >= 15 is 0 Å². The van der Waals surface area contributed by atoms with Crippen molar-refractivity contribution in [2.24, 2.45) is 11.5 Å². The number of piperazine rings is 1. The van der Waals surface area contributed by atoms with E-state index in [4.69, 9.17) is 11.5 Å². The largest absolute Gasteiger partial charge is 0.354 e. The number of amides is 3. The van der Waals surface area contributed by atoms with Gasteiger partial charge in [0.05, 0.1) is 11.2 Å². The molecule has 1 aromatic heterocycles. The van der Waals surface area contributed by atoms with Crippen molar-refractivity contribution in [1.82, 2.24) is 24.3 Å². The minimum absolute atomic E-state index is 0.0945. The van der Waals surface area contributed by atoms with E-state index < -0.39 is 17.3 Å². The van der Waals surface area contributed by atoms with Crippen LogP contribution in [0.4, 0.5) is 15.0 Å². The van der Waals surface area contributed by atoms with Crippen LogP contribution in [-0.4, -0.2) is 93.6 Å². The van der Waals surface area contributed by atoms with Crippen LogP contribution in [0.25, 0.3) is 5.69 Å². The highest BCUT2D eigenvalue weighted by Crippen LogP contribution is 2.16. The van der Waals surface area contributed by atoms with Gasteiger partial charge in [0.15, 0.2) is 0 Å². The Bertz CT molecular complexity index is 1240. The van der Waals surface area contributed by atoms with Crippen LogP contribution in [0.1, 0.15) is 38.7 Å². The molecule has 2 saturated heterocycles. The number of nitrogens with one attached hydrogen (secondary N) is 1. The normalized spacial score (nSPS) is 19.1. The van der Waals surface area contributed by atoms with E-state index in [2.05, 4.69) is 15.2 Å². The quantitative estimate of drug-likeness (QED) is 0.497. The molecule has 12 heteroatoms. The lowest BCUT2D eigenvalue weighted by atomic mass is 10.1. The second kappa shape index (κ2) is 12.2.